The van der Waals surface area contributed by atoms with Crippen LogP contribution < -0.4 is 5.73 Å². The van der Waals surface area contributed by atoms with Crippen LogP contribution in [0.3, 0.4) is 0 Å². The van der Waals surface area contributed by atoms with E-state index in [1.165, 1.54) is 64.3 Å². The average molecular weight is 280 g/mol. The first-order valence-electron chi connectivity index (χ1n) is 8.83. The Morgan fingerprint density at radius 2 is 1.95 bits per heavy atom. The van der Waals surface area contributed by atoms with Crippen LogP contribution in [0.15, 0.2) is 0 Å². The van der Waals surface area contributed by atoms with Crippen LogP contribution >= 0.6 is 0 Å². The number of nitrogens with two attached hydrogens (primary N) is 1. The maximum atomic E-state index is 6.53. The summed E-state index contributed by atoms with van der Waals surface area (Å²) in [6.45, 7) is 5.51. The highest BCUT2D eigenvalue weighted by molar-refractivity contribution is 4.93. The molecule has 3 fully saturated rings. The van der Waals surface area contributed by atoms with Crippen LogP contribution in [0.1, 0.15) is 64.7 Å². The van der Waals surface area contributed by atoms with Gasteiger partial charge in [0.15, 0.2) is 0 Å². The molecule has 2 N–H and O–H groups in total. The van der Waals surface area contributed by atoms with Gasteiger partial charge in [0.2, 0.25) is 0 Å². The van der Waals surface area contributed by atoms with Crippen molar-refractivity contribution in [2.24, 2.45) is 11.7 Å². The Hall–Kier alpha value is -0.120. The fourth-order valence-corrected chi connectivity index (χ4v) is 4.64. The molecule has 2 aliphatic heterocycles. The van der Waals surface area contributed by atoms with Crippen LogP contribution in [0.2, 0.25) is 0 Å². The van der Waals surface area contributed by atoms with Gasteiger partial charge in [-0.05, 0) is 51.0 Å². The number of hydrogen-bond donors (Lipinski definition) is 1. The average Bonchev–Trinajstić information content (AvgIpc) is 2.84. The maximum absolute atomic E-state index is 6.53. The van der Waals surface area contributed by atoms with Crippen LogP contribution in [-0.2, 0) is 4.74 Å². The van der Waals surface area contributed by atoms with Gasteiger partial charge in [-0.3, -0.25) is 4.90 Å². The van der Waals surface area contributed by atoms with Gasteiger partial charge in [0.05, 0.1) is 11.7 Å². The Morgan fingerprint density at radius 3 is 2.70 bits per heavy atom. The van der Waals surface area contributed by atoms with Crippen LogP contribution in [0.4, 0.5) is 0 Å². The highest BCUT2D eigenvalue weighted by Crippen LogP contribution is 2.42. The second-order valence-corrected chi connectivity index (χ2v) is 7.54. The van der Waals surface area contributed by atoms with E-state index in [4.69, 9.17) is 10.5 Å². The summed E-state index contributed by atoms with van der Waals surface area (Å²) in [6.07, 6.45) is 12.4. The zero-order chi connectivity index (χ0) is 14.0. The predicted molar refractivity (Wildman–Crippen MR) is 82.7 cm³/mol. The number of hydrogen-bond acceptors (Lipinski definition) is 3. The van der Waals surface area contributed by atoms with Crippen molar-refractivity contribution in [2.75, 3.05) is 19.6 Å². The van der Waals surface area contributed by atoms with Gasteiger partial charge in [-0.25, -0.2) is 0 Å². The van der Waals surface area contributed by atoms with E-state index in [2.05, 4.69) is 11.8 Å². The minimum atomic E-state index is 0.268. The Labute approximate surface area is 124 Å². The number of rotatable bonds is 3. The first-order valence-corrected chi connectivity index (χ1v) is 8.83. The van der Waals surface area contributed by atoms with Crippen molar-refractivity contribution in [2.45, 2.75) is 82.5 Å². The number of likely N-dealkylation sites (tertiary alicyclic amines) is 1. The zero-order valence-electron chi connectivity index (χ0n) is 13.2. The van der Waals surface area contributed by atoms with Gasteiger partial charge >= 0.3 is 0 Å². The molecule has 1 spiro atoms. The maximum Gasteiger partial charge on any atom is 0.0710 e. The van der Waals surface area contributed by atoms with E-state index in [1.807, 2.05) is 0 Å². The molecule has 0 radical (unpaired) electrons. The zero-order valence-corrected chi connectivity index (χ0v) is 13.2. The minimum absolute atomic E-state index is 0.268. The largest absolute Gasteiger partial charge is 0.370 e. The Balaban J connectivity index is 1.53. The number of piperidine rings is 1. The molecule has 2 saturated heterocycles. The quantitative estimate of drug-likeness (QED) is 0.864. The van der Waals surface area contributed by atoms with Crippen molar-refractivity contribution in [1.82, 2.24) is 4.90 Å². The normalized spacial score (nSPS) is 38.4. The van der Waals surface area contributed by atoms with Gasteiger partial charge in [0, 0.05) is 19.1 Å². The smallest absolute Gasteiger partial charge is 0.0710 e. The first-order chi connectivity index (χ1) is 9.71. The van der Waals surface area contributed by atoms with Crippen LogP contribution in [-0.4, -0.2) is 42.3 Å². The molecular formula is C17H32N2O. The molecule has 3 rings (SSSR count). The monoisotopic (exact) mass is 280 g/mol. The molecule has 3 nitrogen and oxygen atoms in total. The predicted octanol–water partition coefficient (Wildman–Crippen LogP) is 2.93. The van der Waals surface area contributed by atoms with Crippen molar-refractivity contribution >= 4 is 0 Å². The third kappa shape index (κ3) is 3.20. The van der Waals surface area contributed by atoms with E-state index in [9.17, 15) is 0 Å². The van der Waals surface area contributed by atoms with E-state index in [0.29, 0.717) is 12.1 Å². The van der Waals surface area contributed by atoms with Crippen LogP contribution in [0.5, 0.6) is 0 Å². The molecule has 3 aliphatic rings. The lowest BCUT2D eigenvalue weighted by atomic mass is 9.83. The lowest BCUT2D eigenvalue weighted by Gasteiger charge is -2.40. The highest BCUT2D eigenvalue weighted by Gasteiger charge is 2.41. The minimum Gasteiger partial charge on any atom is -0.370 e. The molecule has 1 saturated carbocycles. The summed E-state index contributed by atoms with van der Waals surface area (Å²) in [4.78, 5) is 2.62. The molecule has 0 aromatic heterocycles. The second-order valence-electron chi connectivity index (χ2n) is 7.54. The van der Waals surface area contributed by atoms with E-state index < -0.39 is 0 Å². The molecule has 0 bridgehead atoms. The fraction of sp³-hybridized carbons (Fsp3) is 1.00. The third-order valence-electron chi connectivity index (χ3n) is 5.91. The van der Waals surface area contributed by atoms with Crippen LogP contribution in [0, 0.1) is 5.92 Å². The summed E-state index contributed by atoms with van der Waals surface area (Å²) >= 11 is 0. The first kappa shape index (κ1) is 14.8. The van der Waals surface area contributed by atoms with Crippen molar-refractivity contribution in [1.29, 1.82) is 0 Å². The molecule has 0 aromatic rings. The fourth-order valence-electron chi connectivity index (χ4n) is 4.64. The molecule has 1 aliphatic carbocycles. The topological polar surface area (TPSA) is 38.5 Å². The van der Waals surface area contributed by atoms with Crippen molar-refractivity contribution in [3.63, 3.8) is 0 Å². The van der Waals surface area contributed by atoms with E-state index >= 15 is 0 Å². The van der Waals surface area contributed by atoms with Gasteiger partial charge < -0.3 is 10.5 Å². The summed E-state index contributed by atoms with van der Waals surface area (Å²) in [5.74, 6) is 0.842. The lowest BCUT2D eigenvalue weighted by molar-refractivity contribution is -0.0774. The van der Waals surface area contributed by atoms with E-state index in [1.54, 1.807) is 0 Å². The Kier molecular flexibility index (Phi) is 4.68. The lowest BCUT2D eigenvalue weighted by Crippen LogP contribution is -2.49. The Morgan fingerprint density at radius 1 is 1.15 bits per heavy atom. The molecule has 20 heavy (non-hydrogen) atoms. The van der Waals surface area contributed by atoms with Crippen molar-refractivity contribution < 1.29 is 4.74 Å². The SMILES string of the molecule is CC1CCN(CC2CCC3(CCCCC3)O2)C(CN)C1. The Bertz CT molecular complexity index is 314. The van der Waals surface area contributed by atoms with Gasteiger partial charge in [0.25, 0.3) is 0 Å². The third-order valence-corrected chi connectivity index (χ3v) is 5.91. The number of ether oxygens (including phenoxy) is 1. The van der Waals surface area contributed by atoms with Gasteiger partial charge in [-0.15, -0.1) is 0 Å². The summed E-state index contributed by atoms with van der Waals surface area (Å²) in [6, 6.07) is 0.588. The molecule has 3 atom stereocenters. The van der Waals surface area contributed by atoms with Crippen molar-refractivity contribution in [3.05, 3.63) is 0 Å². The molecule has 116 valence electrons. The van der Waals surface area contributed by atoms with Gasteiger partial charge in [0.1, 0.15) is 0 Å². The summed E-state index contributed by atoms with van der Waals surface area (Å²) in [7, 11) is 0. The highest BCUT2D eigenvalue weighted by atomic mass is 16.5. The molecule has 2 heterocycles. The molecule has 3 heteroatoms. The standard InChI is InChI=1S/C17H32N2O/c1-14-6-10-19(15(11-14)12-18)13-16-5-9-17(20-16)7-3-2-4-8-17/h14-16H,2-13,18H2,1H3. The van der Waals surface area contributed by atoms with Gasteiger partial charge in [-0.1, -0.05) is 26.2 Å². The van der Waals surface area contributed by atoms with Crippen molar-refractivity contribution in [3.8, 4) is 0 Å². The molecule has 3 unspecified atom stereocenters. The van der Waals surface area contributed by atoms with E-state index in [-0.39, 0.29) is 5.60 Å². The van der Waals surface area contributed by atoms with Gasteiger partial charge in [-0.2, -0.15) is 0 Å². The second kappa shape index (κ2) is 6.33. The number of nitrogens with zero attached hydrogens (tertiary/aromatic N) is 1. The van der Waals surface area contributed by atoms with Crippen LogP contribution in [0.25, 0.3) is 0 Å². The molecule has 0 amide bonds. The van der Waals surface area contributed by atoms with E-state index in [0.717, 1.165) is 19.0 Å². The molecular weight excluding hydrogens is 248 g/mol. The molecule has 0 aromatic carbocycles. The summed E-state index contributed by atoms with van der Waals surface area (Å²) < 4.78 is 6.53. The summed E-state index contributed by atoms with van der Waals surface area (Å²) in [5.41, 5.74) is 6.25. The summed E-state index contributed by atoms with van der Waals surface area (Å²) in [5, 5.41) is 0.